The van der Waals surface area contributed by atoms with Crippen molar-refractivity contribution in [2.75, 3.05) is 0 Å². The monoisotopic (exact) mass is 204 g/mol. The molecule has 0 amide bonds. The molecule has 0 aliphatic heterocycles. The molecule has 0 aromatic rings. The maximum absolute atomic E-state index is 12.1. The molecule has 4 saturated carbocycles. The molecule has 5 unspecified atom stereocenters. The molecule has 1 spiro atoms. The zero-order valence-electron chi connectivity index (χ0n) is 8.78. The molecule has 80 valence electrons. The number of hydrogen-bond donors (Lipinski definition) is 1. The van der Waals surface area contributed by atoms with E-state index in [0.29, 0.717) is 17.3 Å². The van der Waals surface area contributed by atoms with Gasteiger partial charge in [-0.1, -0.05) is 0 Å². The fraction of sp³-hybridized carbons (Fsp3) is 0.769. The summed E-state index contributed by atoms with van der Waals surface area (Å²) in [5.41, 5.74) is 1.11. The van der Waals surface area contributed by atoms with Gasteiger partial charge >= 0.3 is 0 Å². The van der Waals surface area contributed by atoms with Crippen LogP contribution in [0.5, 0.6) is 0 Å². The Kier molecular flexibility index (Phi) is 1.29. The number of hydrogen-bond acceptors (Lipinski definition) is 2. The van der Waals surface area contributed by atoms with Crippen LogP contribution < -0.4 is 0 Å². The second-order valence-electron chi connectivity index (χ2n) is 5.84. The van der Waals surface area contributed by atoms with E-state index >= 15 is 0 Å². The summed E-state index contributed by atoms with van der Waals surface area (Å²) in [6, 6.07) is 0. The van der Waals surface area contributed by atoms with E-state index in [1.165, 1.54) is 19.3 Å². The van der Waals surface area contributed by atoms with Crippen molar-refractivity contribution in [2.24, 2.45) is 29.1 Å². The van der Waals surface area contributed by atoms with Gasteiger partial charge in [-0.2, -0.15) is 0 Å². The van der Waals surface area contributed by atoms with Crippen molar-refractivity contribution in [3.8, 4) is 0 Å². The van der Waals surface area contributed by atoms with Gasteiger partial charge in [-0.15, -0.1) is 0 Å². The van der Waals surface area contributed by atoms with Crippen LogP contribution in [0.4, 0.5) is 0 Å². The smallest absolute Gasteiger partial charge is 0.165 e. The average Bonchev–Trinajstić information content (AvgIpc) is 2.74. The first-order valence-electron chi connectivity index (χ1n) is 6.18. The molecule has 0 radical (unpaired) electrons. The minimum absolute atomic E-state index is 0.283. The first kappa shape index (κ1) is 8.37. The van der Waals surface area contributed by atoms with E-state index in [1.807, 2.05) is 0 Å². The van der Waals surface area contributed by atoms with E-state index < -0.39 is 0 Å². The zero-order chi connectivity index (χ0) is 10.2. The molecule has 5 atom stereocenters. The van der Waals surface area contributed by atoms with Crippen LogP contribution in [0.25, 0.3) is 0 Å². The minimum atomic E-state index is 0.283. The van der Waals surface area contributed by atoms with Crippen LogP contribution in [0, 0.1) is 29.1 Å². The number of aliphatic hydroxyl groups is 1. The Morgan fingerprint density at radius 3 is 2.67 bits per heavy atom. The van der Waals surface area contributed by atoms with Gasteiger partial charge in [0, 0.05) is 11.5 Å². The number of carbonyl (C=O) groups excluding carboxylic acids is 1. The largest absolute Gasteiger partial charge is 0.515 e. The molecule has 0 saturated heterocycles. The number of rotatable bonds is 0. The summed E-state index contributed by atoms with van der Waals surface area (Å²) in [6.45, 7) is 0. The SMILES string of the molecule is O=C1/C(=C/O)C2CCC3CCC4CC1C342. The fourth-order valence-corrected chi connectivity index (χ4v) is 5.56. The van der Waals surface area contributed by atoms with Crippen molar-refractivity contribution in [3.63, 3.8) is 0 Å². The van der Waals surface area contributed by atoms with Gasteiger partial charge in [0.15, 0.2) is 5.78 Å². The first-order valence-corrected chi connectivity index (χ1v) is 6.18. The molecule has 15 heavy (non-hydrogen) atoms. The molecule has 1 N–H and O–H groups in total. The number of allylic oxidation sites excluding steroid dienone is 1. The van der Waals surface area contributed by atoms with E-state index in [4.69, 9.17) is 0 Å². The topological polar surface area (TPSA) is 37.3 Å². The summed E-state index contributed by atoms with van der Waals surface area (Å²) >= 11 is 0. The second-order valence-corrected chi connectivity index (χ2v) is 5.84. The van der Waals surface area contributed by atoms with Crippen LogP contribution in [-0.2, 0) is 4.79 Å². The number of Topliss-reactive ketones (excluding diaryl/α,β-unsaturated/α-hetero) is 1. The molecule has 4 aliphatic rings. The molecule has 0 aromatic heterocycles. The predicted molar refractivity (Wildman–Crippen MR) is 55.2 cm³/mol. The molecule has 2 nitrogen and oxygen atoms in total. The molecule has 4 aliphatic carbocycles. The van der Waals surface area contributed by atoms with Crippen molar-refractivity contribution in [1.29, 1.82) is 0 Å². The van der Waals surface area contributed by atoms with Crippen LogP contribution in [0.1, 0.15) is 32.1 Å². The summed E-state index contributed by atoms with van der Waals surface area (Å²) in [5.74, 6) is 2.60. The summed E-state index contributed by atoms with van der Waals surface area (Å²) in [4.78, 5) is 12.1. The third-order valence-corrected chi connectivity index (χ3v) is 5.92. The normalized spacial score (nSPS) is 58.1. The summed E-state index contributed by atoms with van der Waals surface area (Å²) in [7, 11) is 0. The van der Waals surface area contributed by atoms with Gasteiger partial charge in [-0.25, -0.2) is 0 Å². The van der Waals surface area contributed by atoms with Crippen LogP contribution >= 0.6 is 0 Å². The lowest BCUT2D eigenvalue weighted by molar-refractivity contribution is -0.131. The van der Waals surface area contributed by atoms with Crippen LogP contribution in [0.2, 0.25) is 0 Å². The predicted octanol–water partition coefficient (Wildman–Crippen LogP) is 2.45. The van der Waals surface area contributed by atoms with Crippen molar-refractivity contribution >= 4 is 5.78 Å². The van der Waals surface area contributed by atoms with Gasteiger partial charge in [0.25, 0.3) is 0 Å². The van der Waals surface area contributed by atoms with Crippen molar-refractivity contribution < 1.29 is 9.90 Å². The highest BCUT2D eigenvalue weighted by molar-refractivity contribution is 6.02. The number of aliphatic hydroxyl groups excluding tert-OH is 1. The number of carbonyl (C=O) groups is 1. The van der Waals surface area contributed by atoms with E-state index in [2.05, 4.69) is 0 Å². The van der Waals surface area contributed by atoms with E-state index in [9.17, 15) is 9.90 Å². The van der Waals surface area contributed by atoms with Gasteiger partial charge in [0.1, 0.15) is 0 Å². The summed E-state index contributed by atoms with van der Waals surface area (Å²) < 4.78 is 0. The van der Waals surface area contributed by atoms with Gasteiger partial charge in [-0.05, 0) is 55.3 Å². The maximum Gasteiger partial charge on any atom is 0.165 e. The van der Waals surface area contributed by atoms with E-state index in [0.717, 1.165) is 36.5 Å². The van der Waals surface area contributed by atoms with Crippen molar-refractivity contribution in [3.05, 3.63) is 11.8 Å². The quantitative estimate of drug-likeness (QED) is 0.486. The molecule has 0 aromatic carbocycles. The molecule has 0 bridgehead atoms. The van der Waals surface area contributed by atoms with Gasteiger partial charge in [-0.3, -0.25) is 4.79 Å². The summed E-state index contributed by atoms with van der Waals surface area (Å²) in [5, 5.41) is 9.25. The standard InChI is InChI=1S/C13H16O2/c14-6-9-10-4-3-7-1-2-8-5-11(12(9)15)13(7,8)10/h6-8,10-11,14H,1-5H2/b9-6+. The lowest BCUT2D eigenvalue weighted by Gasteiger charge is -2.50. The van der Waals surface area contributed by atoms with E-state index in [1.54, 1.807) is 0 Å². The maximum atomic E-state index is 12.1. The number of ketones is 1. The lowest BCUT2D eigenvalue weighted by Crippen LogP contribution is -2.48. The molecule has 4 fully saturated rings. The Balaban J connectivity index is 1.90. The minimum Gasteiger partial charge on any atom is -0.515 e. The Bertz CT molecular complexity index is 384. The first-order chi connectivity index (χ1) is 7.30. The van der Waals surface area contributed by atoms with Crippen LogP contribution in [-0.4, -0.2) is 10.9 Å². The van der Waals surface area contributed by atoms with Crippen molar-refractivity contribution in [1.82, 2.24) is 0 Å². The highest BCUT2D eigenvalue weighted by Gasteiger charge is 2.74. The Morgan fingerprint density at radius 2 is 1.87 bits per heavy atom. The lowest BCUT2D eigenvalue weighted by atomic mass is 9.52. The second kappa shape index (κ2) is 2.31. The third-order valence-electron chi connectivity index (χ3n) is 5.92. The molecule has 0 heterocycles. The van der Waals surface area contributed by atoms with Gasteiger partial charge in [0.05, 0.1) is 6.26 Å². The molecular weight excluding hydrogens is 188 g/mol. The van der Waals surface area contributed by atoms with Crippen LogP contribution in [0.15, 0.2) is 11.8 Å². The van der Waals surface area contributed by atoms with Gasteiger partial charge < -0.3 is 5.11 Å². The third kappa shape index (κ3) is 0.633. The zero-order valence-corrected chi connectivity index (χ0v) is 8.78. The molecular formula is C13H16O2. The summed E-state index contributed by atoms with van der Waals surface area (Å²) in [6.07, 6.45) is 7.35. The Labute approximate surface area is 89.4 Å². The Morgan fingerprint density at radius 1 is 1.13 bits per heavy atom. The highest BCUT2D eigenvalue weighted by atomic mass is 16.2. The fourth-order valence-electron chi connectivity index (χ4n) is 5.56. The Hall–Kier alpha value is -0.790. The van der Waals surface area contributed by atoms with Gasteiger partial charge in [0.2, 0.25) is 0 Å². The van der Waals surface area contributed by atoms with E-state index in [-0.39, 0.29) is 5.78 Å². The van der Waals surface area contributed by atoms with Crippen LogP contribution in [0.3, 0.4) is 0 Å². The molecule has 4 rings (SSSR count). The van der Waals surface area contributed by atoms with Crippen molar-refractivity contribution in [2.45, 2.75) is 32.1 Å². The highest BCUT2D eigenvalue weighted by Crippen LogP contribution is 2.77. The average molecular weight is 204 g/mol. The molecule has 2 heteroatoms.